The van der Waals surface area contributed by atoms with Gasteiger partial charge in [0.25, 0.3) is 15.9 Å². The summed E-state index contributed by atoms with van der Waals surface area (Å²) in [6.45, 7) is 1.80. The van der Waals surface area contributed by atoms with E-state index in [9.17, 15) is 18.0 Å². The standard InChI is InChI=1S/C16H15N3O4S/c1-11-5-7-14(8-6-11)24(22,23)18-12-3-2-4-13(9-12)19-15(20)10-17-16(19)21/h2-9,18H,10H2,1H3,(H,17,21). The molecule has 1 aliphatic heterocycles. The minimum absolute atomic E-state index is 0.0713. The fraction of sp³-hybridized carbons (Fsp3) is 0.125. The average Bonchev–Trinajstić information content (AvgIpc) is 2.86. The predicted octanol–water partition coefficient (Wildman–Crippen LogP) is 1.85. The maximum absolute atomic E-state index is 12.4. The number of imide groups is 1. The summed E-state index contributed by atoms with van der Waals surface area (Å²) in [4.78, 5) is 24.5. The summed E-state index contributed by atoms with van der Waals surface area (Å²) in [5.74, 6) is -0.390. The van der Waals surface area contributed by atoms with Gasteiger partial charge < -0.3 is 5.32 Å². The van der Waals surface area contributed by atoms with Crippen molar-refractivity contribution in [3.05, 3.63) is 54.1 Å². The Labute approximate surface area is 139 Å². The minimum atomic E-state index is -3.75. The molecule has 24 heavy (non-hydrogen) atoms. The van der Waals surface area contributed by atoms with Crippen LogP contribution < -0.4 is 14.9 Å². The van der Waals surface area contributed by atoms with Crippen molar-refractivity contribution < 1.29 is 18.0 Å². The minimum Gasteiger partial charge on any atom is -0.328 e. The molecule has 0 unspecified atom stereocenters. The average molecular weight is 345 g/mol. The van der Waals surface area contributed by atoms with Crippen molar-refractivity contribution in [3.8, 4) is 0 Å². The Morgan fingerprint density at radius 3 is 2.42 bits per heavy atom. The molecule has 8 heteroatoms. The van der Waals surface area contributed by atoms with Gasteiger partial charge in [-0.2, -0.15) is 0 Å². The fourth-order valence-electron chi connectivity index (χ4n) is 2.32. The number of benzene rings is 2. The number of rotatable bonds is 4. The van der Waals surface area contributed by atoms with E-state index in [-0.39, 0.29) is 17.1 Å². The first-order valence-electron chi connectivity index (χ1n) is 7.17. The van der Waals surface area contributed by atoms with Crippen LogP contribution in [0.25, 0.3) is 0 Å². The van der Waals surface area contributed by atoms with Gasteiger partial charge in [0, 0.05) is 0 Å². The van der Waals surface area contributed by atoms with Gasteiger partial charge in [0.1, 0.15) is 0 Å². The molecule has 0 spiro atoms. The second-order valence-corrected chi connectivity index (χ2v) is 7.04. The highest BCUT2D eigenvalue weighted by molar-refractivity contribution is 7.92. The molecule has 0 atom stereocenters. The van der Waals surface area contributed by atoms with Gasteiger partial charge in [0.2, 0.25) is 0 Å². The van der Waals surface area contributed by atoms with Gasteiger partial charge in [0.05, 0.1) is 22.8 Å². The molecule has 2 aromatic rings. The third-order valence-corrected chi connectivity index (χ3v) is 4.93. The van der Waals surface area contributed by atoms with E-state index in [2.05, 4.69) is 10.0 Å². The Morgan fingerprint density at radius 2 is 1.79 bits per heavy atom. The van der Waals surface area contributed by atoms with Gasteiger partial charge in [0.15, 0.2) is 0 Å². The summed E-state index contributed by atoms with van der Waals surface area (Å²) < 4.78 is 27.3. The number of nitrogens with zero attached hydrogens (tertiary/aromatic N) is 1. The normalized spacial score (nSPS) is 14.6. The van der Waals surface area contributed by atoms with Crippen LogP contribution in [0.4, 0.5) is 16.2 Å². The number of hydrogen-bond acceptors (Lipinski definition) is 4. The Hall–Kier alpha value is -2.87. The maximum atomic E-state index is 12.4. The number of amides is 3. The van der Waals surface area contributed by atoms with Gasteiger partial charge in [-0.3, -0.25) is 9.52 Å². The second-order valence-electron chi connectivity index (χ2n) is 5.36. The van der Waals surface area contributed by atoms with E-state index in [1.807, 2.05) is 6.92 Å². The molecule has 3 rings (SSSR count). The molecular formula is C16H15N3O4S. The van der Waals surface area contributed by atoms with Crippen LogP contribution in [-0.2, 0) is 14.8 Å². The molecule has 0 aromatic heterocycles. The molecule has 0 saturated carbocycles. The highest BCUT2D eigenvalue weighted by Crippen LogP contribution is 2.23. The number of carbonyl (C=O) groups is 2. The zero-order chi connectivity index (χ0) is 17.3. The Kier molecular flexibility index (Phi) is 3.98. The topological polar surface area (TPSA) is 95.6 Å². The Balaban J connectivity index is 1.88. The molecular weight excluding hydrogens is 330 g/mol. The molecule has 124 valence electrons. The first-order chi connectivity index (χ1) is 11.4. The fourth-order valence-corrected chi connectivity index (χ4v) is 3.37. The van der Waals surface area contributed by atoms with Crippen molar-refractivity contribution in [2.24, 2.45) is 0 Å². The molecule has 2 aromatic carbocycles. The molecule has 3 amide bonds. The van der Waals surface area contributed by atoms with Crippen LogP contribution in [0.1, 0.15) is 5.56 Å². The lowest BCUT2D eigenvalue weighted by molar-refractivity contribution is -0.115. The van der Waals surface area contributed by atoms with Crippen molar-refractivity contribution in [3.63, 3.8) is 0 Å². The number of urea groups is 1. The lowest BCUT2D eigenvalue weighted by atomic mass is 10.2. The monoisotopic (exact) mass is 345 g/mol. The zero-order valence-electron chi connectivity index (χ0n) is 12.8. The Morgan fingerprint density at radius 1 is 1.08 bits per heavy atom. The van der Waals surface area contributed by atoms with Crippen molar-refractivity contribution in [2.75, 3.05) is 16.2 Å². The van der Waals surface area contributed by atoms with E-state index >= 15 is 0 Å². The van der Waals surface area contributed by atoms with E-state index < -0.39 is 22.0 Å². The quantitative estimate of drug-likeness (QED) is 0.827. The predicted molar refractivity (Wildman–Crippen MR) is 89.3 cm³/mol. The summed E-state index contributed by atoms with van der Waals surface area (Å²) in [5.41, 5.74) is 1.52. The molecule has 2 N–H and O–H groups in total. The number of carbonyl (C=O) groups excluding carboxylic acids is 2. The molecule has 1 heterocycles. The maximum Gasteiger partial charge on any atom is 0.329 e. The number of nitrogens with one attached hydrogen (secondary N) is 2. The van der Waals surface area contributed by atoms with E-state index in [0.717, 1.165) is 10.5 Å². The third-order valence-electron chi connectivity index (χ3n) is 3.53. The van der Waals surface area contributed by atoms with Crippen molar-refractivity contribution >= 4 is 33.3 Å². The van der Waals surface area contributed by atoms with Gasteiger partial charge in [-0.25, -0.2) is 18.1 Å². The largest absolute Gasteiger partial charge is 0.329 e. The van der Waals surface area contributed by atoms with Crippen molar-refractivity contribution in [2.45, 2.75) is 11.8 Å². The third kappa shape index (κ3) is 3.09. The van der Waals surface area contributed by atoms with E-state index in [4.69, 9.17) is 0 Å². The van der Waals surface area contributed by atoms with Gasteiger partial charge in [-0.05, 0) is 37.3 Å². The molecule has 0 bridgehead atoms. The van der Waals surface area contributed by atoms with Crippen molar-refractivity contribution in [1.29, 1.82) is 0 Å². The van der Waals surface area contributed by atoms with Crippen LogP contribution in [0.2, 0.25) is 0 Å². The zero-order valence-corrected chi connectivity index (χ0v) is 13.6. The molecule has 0 radical (unpaired) electrons. The number of aryl methyl sites for hydroxylation is 1. The molecule has 1 fully saturated rings. The van der Waals surface area contributed by atoms with Crippen LogP contribution in [0.15, 0.2) is 53.4 Å². The highest BCUT2D eigenvalue weighted by Gasteiger charge is 2.30. The smallest absolute Gasteiger partial charge is 0.328 e. The van der Waals surface area contributed by atoms with Crippen molar-refractivity contribution in [1.82, 2.24) is 5.32 Å². The molecule has 1 aliphatic rings. The molecule has 7 nitrogen and oxygen atoms in total. The number of anilines is 2. The van der Waals surface area contributed by atoms with E-state index in [1.54, 1.807) is 30.3 Å². The van der Waals surface area contributed by atoms with Gasteiger partial charge in [-0.15, -0.1) is 0 Å². The SMILES string of the molecule is Cc1ccc(S(=O)(=O)Nc2cccc(N3C(=O)CNC3=O)c2)cc1. The van der Waals surface area contributed by atoms with E-state index in [1.165, 1.54) is 18.2 Å². The van der Waals surface area contributed by atoms with Crippen LogP contribution in [0, 0.1) is 6.92 Å². The van der Waals surface area contributed by atoms with Gasteiger partial charge >= 0.3 is 6.03 Å². The summed E-state index contributed by atoms with van der Waals surface area (Å²) in [6, 6.07) is 12.0. The second kappa shape index (κ2) is 5.97. The summed E-state index contributed by atoms with van der Waals surface area (Å²) in [6.07, 6.45) is 0. The highest BCUT2D eigenvalue weighted by atomic mass is 32.2. The first kappa shape index (κ1) is 16.0. The number of hydrogen-bond donors (Lipinski definition) is 2. The van der Waals surface area contributed by atoms with Crippen LogP contribution in [-0.4, -0.2) is 26.9 Å². The van der Waals surface area contributed by atoms with Crippen LogP contribution in [0.3, 0.4) is 0 Å². The summed E-state index contributed by atoms with van der Waals surface area (Å²) in [5, 5.41) is 2.42. The van der Waals surface area contributed by atoms with Gasteiger partial charge in [-0.1, -0.05) is 23.8 Å². The lowest BCUT2D eigenvalue weighted by Gasteiger charge is -2.14. The number of sulfonamides is 1. The Bertz CT molecular complexity index is 891. The first-order valence-corrected chi connectivity index (χ1v) is 8.65. The van der Waals surface area contributed by atoms with Crippen LogP contribution >= 0.6 is 0 Å². The van der Waals surface area contributed by atoms with E-state index in [0.29, 0.717) is 5.69 Å². The molecule has 0 aliphatic carbocycles. The summed E-state index contributed by atoms with van der Waals surface area (Å²) >= 11 is 0. The summed E-state index contributed by atoms with van der Waals surface area (Å²) in [7, 11) is -3.75. The lowest BCUT2D eigenvalue weighted by Crippen LogP contribution is -2.30. The van der Waals surface area contributed by atoms with Crippen LogP contribution in [0.5, 0.6) is 0 Å². The molecule has 1 saturated heterocycles.